The van der Waals surface area contributed by atoms with Crippen LogP contribution in [0, 0.1) is 6.07 Å². The molecule has 1 radical (unpaired) electrons. The van der Waals surface area contributed by atoms with E-state index in [2.05, 4.69) is 6.07 Å². The fraction of sp³-hybridized carbons (Fsp3) is 0.667. The maximum absolute atomic E-state index is 12.7. The summed E-state index contributed by atoms with van der Waals surface area (Å²) >= 11 is 0. The van der Waals surface area contributed by atoms with Crippen LogP contribution in [0.5, 0.6) is 5.75 Å². The van der Waals surface area contributed by atoms with Crippen LogP contribution in [0.2, 0.25) is 0 Å². The first-order valence-corrected chi connectivity index (χ1v) is 10.6. The van der Waals surface area contributed by atoms with Gasteiger partial charge in [-0.2, -0.15) is 22.0 Å². The Morgan fingerprint density at radius 2 is 1.41 bits per heavy atom. The van der Waals surface area contributed by atoms with Gasteiger partial charge in [-0.3, -0.25) is 0 Å². The van der Waals surface area contributed by atoms with Crippen LogP contribution in [0.15, 0.2) is 24.3 Å². The van der Waals surface area contributed by atoms with E-state index in [4.69, 9.17) is 4.74 Å². The molecule has 0 heterocycles. The van der Waals surface area contributed by atoms with Crippen LogP contribution < -0.4 is 4.74 Å². The Morgan fingerprint density at radius 3 is 2.04 bits per heavy atom. The van der Waals surface area contributed by atoms with Crippen molar-refractivity contribution in [3.05, 3.63) is 30.3 Å². The summed E-state index contributed by atoms with van der Waals surface area (Å²) in [5, 5.41) is 0. The van der Waals surface area contributed by atoms with E-state index in [1.807, 2.05) is 0 Å². The average Bonchev–Trinajstić information content (AvgIpc) is 2.56. The standard InChI is InChI=1S/C18H24F5O3S/c19-17(20,18(21,22)23)12-9-15-27(24,25)14-8-3-1-2-7-13-26-16-10-5-4-6-11-16/h5-6,10-11H,1-3,7-9,12-15H2. The van der Waals surface area contributed by atoms with Crippen LogP contribution in [0.3, 0.4) is 0 Å². The molecule has 1 aromatic carbocycles. The number of sulfone groups is 1. The largest absolute Gasteiger partial charge is 0.494 e. The molecule has 0 saturated heterocycles. The summed E-state index contributed by atoms with van der Waals surface area (Å²) in [5.41, 5.74) is 0. The van der Waals surface area contributed by atoms with Gasteiger partial charge in [0.15, 0.2) is 0 Å². The van der Waals surface area contributed by atoms with Crippen molar-refractivity contribution < 1.29 is 35.1 Å². The summed E-state index contributed by atoms with van der Waals surface area (Å²) < 4.78 is 90.4. The minimum absolute atomic E-state index is 0.193. The Labute approximate surface area is 156 Å². The van der Waals surface area contributed by atoms with E-state index >= 15 is 0 Å². The van der Waals surface area contributed by atoms with Gasteiger partial charge in [-0.15, -0.1) is 0 Å². The number of ether oxygens (including phenoxy) is 1. The summed E-state index contributed by atoms with van der Waals surface area (Å²) in [5.74, 6) is -4.93. The molecule has 0 unspecified atom stereocenters. The molecule has 1 rings (SSSR count). The van der Waals surface area contributed by atoms with Crippen LogP contribution in [0.25, 0.3) is 0 Å². The minimum atomic E-state index is -5.64. The van der Waals surface area contributed by atoms with E-state index in [1.165, 1.54) is 0 Å². The first-order valence-electron chi connectivity index (χ1n) is 8.77. The molecule has 0 aliphatic rings. The zero-order valence-corrected chi connectivity index (χ0v) is 15.7. The molecule has 0 spiro atoms. The first-order chi connectivity index (χ1) is 12.5. The number of halogens is 5. The molecule has 0 aromatic heterocycles. The predicted molar refractivity (Wildman–Crippen MR) is 92.7 cm³/mol. The molecule has 0 saturated carbocycles. The van der Waals surface area contributed by atoms with Crippen molar-refractivity contribution in [2.24, 2.45) is 0 Å². The van der Waals surface area contributed by atoms with Gasteiger partial charge >= 0.3 is 12.1 Å². The van der Waals surface area contributed by atoms with E-state index in [1.54, 1.807) is 24.3 Å². The number of unbranched alkanes of at least 4 members (excludes halogenated alkanes) is 4. The van der Waals surface area contributed by atoms with E-state index in [0.29, 0.717) is 19.4 Å². The average molecular weight is 415 g/mol. The van der Waals surface area contributed by atoms with E-state index in [-0.39, 0.29) is 5.75 Å². The molecule has 0 atom stereocenters. The summed E-state index contributed by atoms with van der Waals surface area (Å²) in [6.07, 6.45) is -4.36. The second-order valence-electron chi connectivity index (χ2n) is 6.31. The zero-order valence-electron chi connectivity index (χ0n) is 14.9. The molecule has 0 bridgehead atoms. The van der Waals surface area contributed by atoms with Crippen molar-refractivity contribution in [2.45, 2.75) is 57.0 Å². The summed E-state index contributed by atoms with van der Waals surface area (Å²) in [4.78, 5) is 0. The highest BCUT2D eigenvalue weighted by Crippen LogP contribution is 2.38. The second-order valence-corrected chi connectivity index (χ2v) is 8.61. The molecule has 27 heavy (non-hydrogen) atoms. The Bertz CT molecular complexity index is 630. The Hall–Kier alpha value is -1.38. The van der Waals surface area contributed by atoms with Gasteiger partial charge in [0.2, 0.25) is 0 Å². The maximum Gasteiger partial charge on any atom is 0.453 e. The highest BCUT2D eigenvalue weighted by Gasteiger charge is 2.56. The molecular formula is C18H24F5O3S. The first kappa shape index (κ1) is 23.7. The van der Waals surface area contributed by atoms with Gasteiger partial charge in [0, 0.05) is 6.42 Å². The third kappa shape index (κ3) is 9.93. The van der Waals surface area contributed by atoms with Gasteiger partial charge in [-0.1, -0.05) is 31.4 Å². The van der Waals surface area contributed by atoms with Gasteiger partial charge in [0.1, 0.15) is 15.6 Å². The third-order valence-corrected chi connectivity index (χ3v) is 5.74. The quantitative estimate of drug-likeness (QED) is 0.328. The normalized spacial score (nSPS) is 12.9. The molecule has 9 heteroatoms. The molecule has 0 amide bonds. The van der Waals surface area contributed by atoms with Crippen LogP contribution in [0.1, 0.15) is 44.9 Å². The lowest BCUT2D eigenvalue weighted by Gasteiger charge is -2.19. The van der Waals surface area contributed by atoms with Crippen molar-refractivity contribution in [3.8, 4) is 5.75 Å². The Kier molecular flexibility index (Phi) is 9.49. The van der Waals surface area contributed by atoms with Crippen LogP contribution in [-0.2, 0) is 9.84 Å². The van der Waals surface area contributed by atoms with Gasteiger partial charge in [0.25, 0.3) is 0 Å². The van der Waals surface area contributed by atoms with Gasteiger partial charge in [-0.25, -0.2) is 8.42 Å². The maximum atomic E-state index is 12.7. The summed E-state index contributed by atoms with van der Waals surface area (Å²) in [6.45, 7) is 0.551. The number of rotatable bonds is 13. The van der Waals surface area contributed by atoms with Crippen LogP contribution in [-0.4, -0.2) is 38.6 Å². The molecule has 155 valence electrons. The Balaban J connectivity index is 2.07. The van der Waals surface area contributed by atoms with E-state index in [0.717, 1.165) is 25.0 Å². The lowest BCUT2D eigenvalue weighted by atomic mass is 10.2. The molecular weight excluding hydrogens is 391 g/mol. The molecule has 0 aliphatic heterocycles. The summed E-state index contributed by atoms with van der Waals surface area (Å²) in [7, 11) is -3.61. The molecule has 0 aliphatic carbocycles. The van der Waals surface area contributed by atoms with E-state index in [9.17, 15) is 30.4 Å². The Morgan fingerprint density at radius 1 is 0.852 bits per heavy atom. The van der Waals surface area contributed by atoms with Crippen molar-refractivity contribution in [3.63, 3.8) is 0 Å². The second kappa shape index (κ2) is 10.8. The fourth-order valence-corrected chi connectivity index (χ4v) is 3.80. The van der Waals surface area contributed by atoms with Crippen molar-refractivity contribution in [1.29, 1.82) is 0 Å². The number of hydrogen-bond acceptors (Lipinski definition) is 3. The SMILES string of the molecule is O=S(=O)(CCCCCCCOc1cc[c]cc1)CCCC(F)(F)C(F)(F)F. The minimum Gasteiger partial charge on any atom is -0.494 e. The van der Waals surface area contributed by atoms with Crippen molar-refractivity contribution in [2.75, 3.05) is 18.1 Å². The molecule has 1 aromatic rings. The smallest absolute Gasteiger partial charge is 0.453 e. The lowest BCUT2D eigenvalue weighted by molar-refractivity contribution is -0.284. The highest BCUT2D eigenvalue weighted by molar-refractivity contribution is 7.91. The van der Waals surface area contributed by atoms with Crippen LogP contribution in [0.4, 0.5) is 22.0 Å². The van der Waals surface area contributed by atoms with Gasteiger partial charge in [-0.05, 0) is 37.5 Å². The van der Waals surface area contributed by atoms with Crippen molar-refractivity contribution in [1.82, 2.24) is 0 Å². The predicted octanol–water partition coefficient (Wildman–Crippen LogP) is 5.21. The highest BCUT2D eigenvalue weighted by atomic mass is 32.2. The van der Waals surface area contributed by atoms with Gasteiger partial charge < -0.3 is 4.74 Å². The monoisotopic (exact) mass is 415 g/mol. The lowest BCUT2D eigenvalue weighted by Crippen LogP contribution is -2.36. The molecule has 0 fully saturated rings. The third-order valence-electron chi connectivity index (χ3n) is 3.92. The fourth-order valence-electron chi connectivity index (χ4n) is 2.37. The molecule has 0 N–H and O–H groups in total. The number of benzene rings is 1. The van der Waals surface area contributed by atoms with Crippen molar-refractivity contribution >= 4 is 9.84 Å². The summed E-state index contributed by atoms with van der Waals surface area (Å²) in [6, 6.07) is 9.98. The topological polar surface area (TPSA) is 43.4 Å². The zero-order chi connectivity index (χ0) is 20.4. The van der Waals surface area contributed by atoms with Gasteiger partial charge in [0.05, 0.1) is 18.1 Å². The van der Waals surface area contributed by atoms with Crippen LogP contribution >= 0.6 is 0 Å². The molecule has 3 nitrogen and oxygen atoms in total. The number of hydrogen-bond donors (Lipinski definition) is 0. The number of alkyl halides is 5. The van der Waals surface area contributed by atoms with E-state index < -0.39 is 40.5 Å².